The summed E-state index contributed by atoms with van der Waals surface area (Å²) in [5.41, 5.74) is 12.1. The summed E-state index contributed by atoms with van der Waals surface area (Å²) in [5, 5.41) is 13.9. The van der Waals surface area contributed by atoms with Crippen LogP contribution >= 0.6 is 11.8 Å². The van der Waals surface area contributed by atoms with Crippen LogP contribution in [0.3, 0.4) is 0 Å². The van der Waals surface area contributed by atoms with Crippen LogP contribution in [-0.2, 0) is 32.1 Å². The van der Waals surface area contributed by atoms with E-state index in [1.54, 1.807) is 22.6 Å². The van der Waals surface area contributed by atoms with E-state index in [4.69, 9.17) is 12.2 Å². The number of thioether (sulfide) groups is 1. The SMILES string of the molecule is C#CC[C@H](N)C(=O)NC1Cc2cn(nn2)CCCCC(C(=O)NN[C@@H](CCSC)C(C)=O)CCCCCNC1=O. The first-order valence-electron chi connectivity index (χ1n) is 14.0. The Kier molecular flexibility index (Phi) is 15.3. The summed E-state index contributed by atoms with van der Waals surface area (Å²) in [4.78, 5) is 50.3. The number of aryl methyl sites for hydroxylation is 1. The summed E-state index contributed by atoms with van der Waals surface area (Å²) < 4.78 is 1.70. The summed E-state index contributed by atoms with van der Waals surface area (Å²) in [6, 6.07) is -2.16. The van der Waals surface area contributed by atoms with Gasteiger partial charge in [-0.15, -0.1) is 17.4 Å². The molecule has 1 aromatic rings. The smallest absolute Gasteiger partial charge is 0.242 e. The maximum absolute atomic E-state index is 13.0. The van der Waals surface area contributed by atoms with Crippen molar-refractivity contribution in [2.75, 3.05) is 18.6 Å². The van der Waals surface area contributed by atoms with E-state index >= 15 is 0 Å². The van der Waals surface area contributed by atoms with Crippen molar-refractivity contribution in [2.24, 2.45) is 11.7 Å². The van der Waals surface area contributed by atoms with Gasteiger partial charge in [-0.1, -0.05) is 24.5 Å². The Bertz CT molecular complexity index is 1010. The molecule has 1 aliphatic rings. The highest BCUT2D eigenvalue weighted by Crippen LogP contribution is 2.18. The van der Waals surface area contributed by atoms with E-state index in [1.807, 2.05) is 6.26 Å². The van der Waals surface area contributed by atoms with Crippen LogP contribution < -0.4 is 27.2 Å². The van der Waals surface area contributed by atoms with Gasteiger partial charge in [0.25, 0.3) is 0 Å². The molecule has 0 spiro atoms. The minimum Gasteiger partial charge on any atom is -0.354 e. The summed E-state index contributed by atoms with van der Waals surface area (Å²) in [5.74, 6) is 2.06. The number of terminal acetylenes is 1. The van der Waals surface area contributed by atoms with Gasteiger partial charge in [-0.05, 0) is 51.0 Å². The first kappa shape index (κ1) is 33.3. The van der Waals surface area contributed by atoms with Crippen LogP contribution in [0.4, 0.5) is 0 Å². The van der Waals surface area contributed by atoms with Crippen molar-refractivity contribution in [3.05, 3.63) is 11.9 Å². The van der Waals surface area contributed by atoms with Crippen molar-refractivity contribution in [1.82, 2.24) is 36.5 Å². The van der Waals surface area contributed by atoms with Gasteiger partial charge in [-0.25, -0.2) is 5.43 Å². The molecule has 0 aromatic carbocycles. The molecule has 0 radical (unpaired) electrons. The molecule has 1 aliphatic heterocycles. The number of ketones is 1. The number of nitrogens with one attached hydrogen (secondary N) is 4. The number of aromatic nitrogens is 3. The lowest BCUT2D eigenvalue weighted by molar-refractivity contribution is -0.129. The monoisotopic (exact) mass is 576 g/mol. The van der Waals surface area contributed by atoms with Crippen LogP contribution in [0.5, 0.6) is 0 Å². The van der Waals surface area contributed by atoms with Gasteiger partial charge in [0.2, 0.25) is 17.7 Å². The number of fused-ring (bicyclic) bond motifs is 2. The van der Waals surface area contributed by atoms with Crippen molar-refractivity contribution < 1.29 is 19.2 Å². The maximum Gasteiger partial charge on any atom is 0.242 e. The van der Waals surface area contributed by atoms with E-state index < -0.39 is 24.0 Å². The normalized spacial score (nSPS) is 20.7. The van der Waals surface area contributed by atoms with Gasteiger partial charge in [0.05, 0.1) is 17.8 Å². The highest BCUT2D eigenvalue weighted by Gasteiger charge is 2.25. The predicted molar refractivity (Wildman–Crippen MR) is 155 cm³/mol. The number of amides is 3. The number of hydrazine groups is 1. The minimum absolute atomic E-state index is 0.00488. The molecule has 3 amide bonds. The largest absolute Gasteiger partial charge is 0.354 e. The fraction of sp³-hybridized carbons (Fsp3) is 0.704. The van der Waals surface area contributed by atoms with Crippen LogP contribution in [-0.4, -0.2) is 75.2 Å². The van der Waals surface area contributed by atoms with Gasteiger partial charge in [0, 0.05) is 38.0 Å². The minimum atomic E-state index is -0.901. The first-order chi connectivity index (χ1) is 19.2. The van der Waals surface area contributed by atoms with Gasteiger partial charge >= 0.3 is 0 Å². The van der Waals surface area contributed by atoms with Crippen LogP contribution in [0.1, 0.15) is 70.4 Å². The first-order valence-corrected chi connectivity index (χ1v) is 15.3. The zero-order valence-electron chi connectivity index (χ0n) is 23.6. The molecule has 0 saturated heterocycles. The Morgan fingerprint density at radius 3 is 2.70 bits per heavy atom. The molecular formula is C27H44N8O4S. The molecule has 2 unspecified atom stereocenters. The molecule has 13 heteroatoms. The predicted octanol–water partition coefficient (Wildman–Crippen LogP) is 0.464. The number of nitrogens with two attached hydrogens (primary N) is 1. The summed E-state index contributed by atoms with van der Waals surface area (Å²) in [6.45, 7) is 2.57. The standard InChI is InChI=1S/C27H44N8O4S/c1-4-10-22(28)26(38)30-24-17-21-18-35(34-31-21)15-9-7-12-20(11-6-5-8-14-29-27(24)39)25(37)33-32-23(19(2)36)13-16-40-3/h1,18,20,22-24,32H,5-17,28H2,2-3H3,(H,29,39)(H,30,38)(H,33,37)/t20?,22-,23-,24?/m0/s1. The van der Waals surface area contributed by atoms with E-state index in [0.29, 0.717) is 38.0 Å². The van der Waals surface area contributed by atoms with E-state index in [0.717, 1.165) is 37.9 Å². The van der Waals surface area contributed by atoms with E-state index in [1.165, 1.54) is 6.92 Å². The number of rotatable bonds is 10. The van der Waals surface area contributed by atoms with Gasteiger partial charge in [-0.3, -0.25) is 29.3 Å². The van der Waals surface area contributed by atoms with Crippen LogP contribution in [0.25, 0.3) is 0 Å². The Labute approximate surface area is 241 Å². The lowest BCUT2D eigenvalue weighted by Gasteiger charge is -2.21. The molecule has 222 valence electrons. The molecule has 0 saturated carbocycles. The fourth-order valence-corrected chi connectivity index (χ4v) is 4.90. The average Bonchev–Trinajstić information content (AvgIpc) is 3.37. The molecule has 4 atom stereocenters. The summed E-state index contributed by atoms with van der Waals surface area (Å²) in [7, 11) is 0. The second-order valence-electron chi connectivity index (χ2n) is 10.2. The summed E-state index contributed by atoms with van der Waals surface area (Å²) >= 11 is 1.66. The molecule has 40 heavy (non-hydrogen) atoms. The van der Waals surface area contributed by atoms with Gasteiger partial charge < -0.3 is 16.4 Å². The second-order valence-corrected chi connectivity index (χ2v) is 11.1. The number of hydrogen-bond acceptors (Lipinski definition) is 9. The third-order valence-corrected chi connectivity index (χ3v) is 7.51. The third kappa shape index (κ3) is 12.1. The van der Waals surface area contributed by atoms with Crippen LogP contribution in [0, 0.1) is 18.3 Å². The van der Waals surface area contributed by atoms with Crippen molar-refractivity contribution in [2.45, 2.75) is 95.8 Å². The van der Waals surface area contributed by atoms with E-state index in [2.05, 4.69) is 37.7 Å². The Balaban J connectivity index is 2.01. The molecule has 2 rings (SSSR count). The molecule has 6 N–H and O–H groups in total. The fourth-order valence-electron chi connectivity index (χ4n) is 4.43. The molecule has 0 aliphatic carbocycles. The Morgan fingerprint density at radius 1 is 1.25 bits per heavy atom. The van der Waals surface area contributed by atoms with Gasteiger partial charge in [0.15, 0.2) is 0 Å². The quantitative estimate of drug-likeness (QED) is 0.196. The molecule has 2 bridgehead atoms. The number of carbonyl (C=O) groups excluding carboxylic acids is 4. The van der Waals surface area contributed by atoms with Crippen LogP contribution in [0.2, 0.25) is 0 Å². The van der Waals surface area contributed by atoms with Gasteiger partial charge in [0.1, 0.15) is 11.8 Å². The van der Waals surface area contributed by atoms with Crippen molar-refractivity contribution in [1.29, 1.82) is 0 Å². The maximum atomic E-state index is 13.0. The number of carbonyl (C=O) groups is 4. The Hall–Kier alpha value is -2.95. The number of Topliss-reactive ketones (excluding diaryl/α,β-unsaturated/α-hetero) is 1. The van der Waals surface area contributed by atoms with E-state index in [-0.39, 0.29) is 36.4 Å². The van der Waals surface area contributed by atoms with Crippen molar-refractivity contribution >= 4 is 35.3 Å². The number of nitrogens with zero attached hydrogens (tertiary/aromatic N) is 3. The van der Waals surface area contributed by atoms with Crippen molar-refractivity contribution in [3.63, 3.8) is 0 Å². The van der Waals surface area contributed by atoms with Crippen LogP contribution in [0.15, 0.2) is 6.20 Å². The molecule has 2 heterocycles. The highest BCUT2D eigenvalue weighted by molar-refractivity contribution is 7.98. The molecule has 12 nitrogen and oxygen atoms in total. The molecular weight excluding hydrogens is 532 g/mol. The lowest BCUT2D eigenvalue weighted by Crippen LogP contribution is -2.52. The molecule has 0 fully saturated rings. The Morgan fingerprint density at radius 2 is 2.00 bits per heavy atom. The zero-order valence-corrected chi connectivity index (χ0v) is 24.4. The lowest BCUT2D eigenvalue weighted by atomic mass is 9.94. The average molecular weight is 577 g/mol. The summed E-state index contributed by atoms with van der Waals surface area (Å²) in [6.07, 6.45) is 15.3. The molecule has 1 aromatic heterocycles. The van der Waals surface area contributed by atoms with Gasteiger partial charge in [-0.2, -0.15) is 11.8 Å². The van der Waals surface area contributed by atoms with E-state index in [9.17, 15) is 19.2 Å². The topological polar surface area (TPSA) is 173 Å². The second kappa shape index (κ2) is 18.4. The number of hydrogen-bond donors (Lipinski definition) is 5. The van der Waals surface area contributed by atoms with Crippen molar-refractivity contribution in [3.8, 4) is 12.3 Å². The zero-order chi connectivity index (χ0) is 29.3. The third-order valence-electron chi connectivity index (χ3n) is 6.87. The highest BCUT2D eigenvalue weighted by atomic mass is 32.2.